The van der Waals surface area contributed by atoms with Crippen molar-refractivity contribution >= 4 is 11.8 Å². The summed E-state index contributed by atoms with van der Waals surface area (Å²) in [4.78, 5) is 12.0. The fraction of sp³-hybridized carbons (Fsp3) is 0.412. The second-order valence-corrected chi connectivity index (χ2v) is 5.91. The Morgan fingerprint density at radius 3 is 2.67 bits per heavy atom. The molecule has 7 heteroatoms. The van der Waals surface area contributed by atoms with Gasteiger partial charge in [-0.3, -0.25) is 5.32 Å². The van der Waals surface area contributed by atoms with E-state index in [9.17, 15) is 4.79 Å². The maximum atomic E-state index is 12.0. The quantitative estimate of drug-likeness (QED) is 0.854. The molecule has 0 spiro atoms. The minimum absolute atomic E-state index is 0.193. The van der Waals surface area contributed by atoms with Crippen LogP contribution in [0.4, 0.5) is 10.6 Å². The number of nitrogens with zero attached hydrogens (tertiary/aromatic N) is 2. The largest absolute Gasteiger partial charge is 0.493 e. The Hall–Kier alpha value is -2.70. The summed E-state index contributed by atoms with van der Waals surface area (Å²) in [6.07, 6.45) is 4.16. The molecule has 24 heavy (non-hydrogen) atoms. The molecule has 1 aromatic heterocycles. The summed E-state index contributed by atoms with van der Waals surface area (Å²) in [5.74, 6) is 2.38. The summed E-state index contributed by atoms with van der Waals surface area (Å²) in [5, 5.41) is 10.1. The Morgan fingerprint density at radius 2 is 2.00 bits per heavy atom. The van der Waals surface area contributed by atoms with Crippen molar-refractivity contribution in [2.45, 2.75) is 25.8 Å². The smallest absolute Gasteiger partial charge is 0.320 e. The number of aromatic nitrogens is 2. The van der Waals surface area contributed by atoms with E-state index >= 15 is 0 Å². The minimum atomic E-state index is -0.230. The zero-order chi connectivity index (χ0) is 17.1. The molecule has 1 atom stereocenters. The summed E-state index contributed by atoms with van der Waals surface area (Å²) in [7, 11) is 3.18. The van der Waals surface area contributed by atoms with E-state index in [-0.39, 0.29) is 12.1 Å². The first-order valence-corrected chi connectivity index (χ1v) is 7.96. The number of hydrogen-bond acceptors (Lipinski definition) is 4. The van der Waals surface area contributed by atoms with Crippen molar-refractivity contribution in [1.82, 2.24) is 15.1 Å². The van der Waals surface area contributed by atoms with Gasteiger partial charge in [0.05, 0.1) is 19.9 Å². The van der Waals surface area contributed by atoms with E-state index in [1.54, 1.807) is 31.2 Å². The van der Waals surface area contributed by atoms with Crippen molar-refractivity contribution < 1.29 is 14.3 Å². The number of rotatable bonds is 6. The Balaban J connectivity index is 1.67. The van der Waals surface area contributed by atoms with Gasteiger partial charge in [-0.25, -0.2) is 9.48 Å². The first-order valence-electron chi connectivity index (χ1n) is 7.96. The van der Waals surface area contributed by atoms with Crippen LogP contribution < -0.4 is 20.1 Å². The van der Waals surface area contributed by atoms with Crippen LogP contribution >= 0.6 is 0 Å². The number of amides is 2. The standard InChI is InChI=1S/C17H22N4O3/c1-11(12-4-5-12)18-17(22)19-16-8-9-21(20-16)13-6-7-14(23-2)15(10-13)24-3/h6-12H,4-5H2,1-3H3,(H2,18,19,20,22)/t11-/m0/s1. The Bertz CT molecular complexity index is 724. The lowest BCUT2D eigenvalue weighted by molar-refractivity contribution is 0.248. The number of anilines is 1. The number of methoxy groups -OCH3 is 2. The fourth-order valence-corrected chi connectivity index (χ4v) is 2.58. The fourth-order valence-electron chi connectivity index (χ4n) is 2.58. The van der Waals surface area contributed by atoms with Crippen LogP contribution in [-0.2, 0) is 0 Å². The number of carbonyl (C=O) groups is 1. The van der Waals surface area contributed by atoms with Crippen LogP contribution in [0.2, 0.25) is 0 Å². The molecule has 1 aromatic carbocycles. The predicted molar refractivity (Wildman–Crippen MR) is 91.0 cm³/mol. The first-order chi connectivity index (χ1) is 11.6. The highest BCUT2D eigenvalue weighted by Crippen LogP contribution is 2.32. The van der Waals surface area contributed by atoms with Crippen molar-refractivity contribution in [2.24, 2.45) is 5.92 Å². The molecular weight excluding hydrogens is 308 g/mol. The van der Waals surface area contributed by atoms with Crippen LogP contribution in [0.1, 0.15) is 19.8 Å². The summed E-state index contributed by atoms with van der Waals surface area (Å²) in [5.41, 5.74) is 0.812. The second kappa shape index (κ2) is 6.82. The Morgan fingerprint density at radius 1 is 1.25 bits per heavy atom. The molecule has 0 unspecified atom stereocenters. The molecule has 0 bridgehead atoms. The second-order valence-electron chi connectivity index (χ2n) is 5.91. The Kier molecular flexibility index (Phi) is 4.59. The van der Waals surface area contributed by atoms with Gasteiger partial charge in [0, 0.05) is 24.4 Å². The average molecular weight is 330 g/mol. The summed E-state index contributed by atoms with van der Waals surface area (Å²) >= 11 is 0. The average Bonchev–Trinajstić information content (AvgIpc) is 3.34. The lowest BCUT2D eigenvalue weighted by Gasteiger charge is -2.12. The normalized spacial score (nSPS) is 14.8. The molecule has 2 N–H and O–H groups in total. The number of urea groups is 1. The number of benzene rings is 1. The van der Waals surface area contributed by atoms with Gasteiger partial charge in [0.2, 0.25) is 0 Å². The van der Waals surface area contributed by atoms with E-state index in [4.69, 9.17) is 9.47 Å². The van der Waals surface area contributed by atoms with Crippen molar-refractivity contribution in [1.29, 1.82) is 0 Å². The van der Waals surface area contributed by atoms with Gasteiger partial charge in [0.15, 0.2) is 17.3 Å². The van der Waals surface area contributed by atoms with Crippen LogP contribution in [0.15, 0.2) is 30.5 Å². The van der Waals surface area contributed by atoms with Gasteiger partial charge >= 0.3 is 6.03 Å². The molecule has 0 aliphatic heterocycles. The molecule has 0 saturated heterocycles. The third-order valence-corrected chi connectivity index (χ3v) is 4.15. The highest BCUT2D eigenvalue weighted by molar-refractivity contribution is 5.88. The maximum Gasteiger partial charge on any atom is 0.320 e. The van der Waals surface area contributed by atoms with Crippen molar-refractivity contribution in [3.8, 4) is 17.2 Å². The van der Waals surface area contributed by atoms with Gasteiger partial charge in [-0.2, -0.15) is 0 Å². The SMILES string of the molecule is COc1ccc(-n2ccc(NC(=O)N[C@@H](C)C3CC3)n2)cc1OC. The van der Waals surface area contributed by atoms with Crippen LogP contribution in [0.5, 0.6) is 11.5 Å². The van der Waals surface area contributed by atoms with E-state index in [1.807, 2.05) is 25.1 Å². The Labute approximate surface area is 140 Å². The van der Waals surface area contributed by atoms with Gasteiger partial charge in [-0.1, -0.05) is 0 Å². The van der Waals surface area contributed by atoms with Gasteiger partial charge in [0.25, 0.3) is 0 Å². The summed E-state index contributed by atoms with van der Waals surface area (Å²) < 4.78 is 12.2. The molecule has 1 aliphatic rings. The molecule has 7 nitrogen and oxygen atoms in total. The van der Waals surface area contributed by atoms with Crippen LogP contribution in [0, 0.1) is 5.92 Å². The molecule has 3 rings (SSSR count). The molecule has 1 heterocycles. The van der Waals surface area contributed by atoms with Gasteiger partial charge < -0.3 is 14.8 Å². The first kappa shape index (κ1) is 16.2. The minimum Gasteiger partial charge on any atom is -0.493 e. The third kappa shape index (κ3) is 3.61. The molecule has 1 aliphatic carbocycles. The van der Waals surface area contributed by atoms with E-state index in [0.717, 1.165) is 5.69 Å². The topological polar surface area (TPSA) is 77.4 Å². The monoisotopic (exact) mass is 330 g/mol. The molecule has 2 amide bonds. The highest BCUT2D eigenvalue weighted by atomic mass is 16.5. The molecule has 1 fully saturated rings. The van der Waals surface area contributed by atoms with E-state index in [0.29, 0.717) is 23.2 Å². The number of carbonyl (C=O) groups excluding carboxylic acids is 1. The van der Waals surface area contributed by atoms with Crippen LogP contribution in [0.3, 0.4) is 0 Å². The van der Waals surface area contributed by atoms with Crippen molar-refractivity contribution in [3.63, 3.8) is 0 Å². The van der Waals surface area contributed by atoms with E-state index in [1.165, 1.54) is 12.8 Å². The molecule has 2 aromatic rings. The lowest BCUT2D eigenvalue weighted by Crippen LogP contribution is -2.37. The molecule has 128 valence electrons. The van der Waals surface area contributed by atoms with Gasteiger partial charge in [-0.05, 0) is 37.8 Å². The van der Waals surface area contributed by atoms with Gasteiger partial charge in [0.1, 0.15) is 0 Å². The third-order valence-electron chi connectivity index (χ3n) is 4.15. The number of hydrogen-bond donors (Lipinski definition) is 2. The summed E-state index contributed by atoms with van der Waals surface area (Å²) in [6, 6.07) is 7.22. The molecule has 0 radical (unpaired) electrons. The summed E-state index contributed by atoms with van der Waals surface area (Å²) in [6.45, 7) is 2.03. The number of ether oxygens (including phenoxy) is 2. The van der Waals surface area contributed by atoms with Crippen molar-refractivity contribution in [3.05, 3.63) is 30.5 Å². The van der Waals surface area contributed by atoms with E-state index < -0.39 is 0 Å². The molecular formula is C17H22N4O3. The zero-order valence-electron chi connectivity index (χ0n) is 14.1. The van der Waals surface area contributed by atoms with Crippen LogP contribution in [-0.4, -0.2) is 36.1 Å². The lowest BCUT2D eigenvalue weighted by atomic mass is 10.2. The number of nitrogens with one attached hydrogen (secondary N) is 2. The maximum absolute atomic E-state index is 12.0. The van der Waals surface area contributed by atoms with Crippen molar-refractivity contribution in [2.75, 3.05) is 19.5 Å². The highest BCUT2D eigenvalue weighted by Gasteiger charge is 2.28. The van der Waals surface area contributed by atoms with Gasteiger partial charge in [-0.15, -0.1) is 5.10 Å². The molecule has 1 saturated carbocycles. The zero-order valence-corrected chi connectivity index (χ0v) is 14.1. The van der Waals surface area contributed by atoms with E-state index in [2.05, 4.69) is 15.7 Å². The predicted octanol–water partition coefficient (Wildman–Crippen LogP) is 2.81. The van der Waals surface area contributed by atoms with Crippen LogP contribution in [0.25, 0.3) is 5.69 Å².